The zero-order chi connectivity index (χ0) is 22.2. The van der Waals surface area contributed by atoms with Crippen molar-refractivity contribution >= 4 is 40.6 Å². The molecule has 3 rings (SSSR count). The maximum Gasteiger partial charge on any atom is 0.305 e. The van der Waals surface area contributed by atoms with Gasteiger partial charge in [-0.3, -0.25) is 9.59 Å². The van der Waals surface area contributed by atoms with Gasteiger partial charge in [-0.05, 0) is 44.0 Å². The minimum atomic E-state index is -0.214. The van der Waals surface area contributed by atoms with Crippen LogP contribution in [0.5, 0.6) is 5.75 Å². The third kappa shape index (κ3) is 5.76. The van der Waals surface area contributed by atoms with Crippen LogP contribution in [0.2, 0.25) is 0 Å². The molecule has 162 valence electrons. The maximum atomic E-state index is 13.3. The Morgan fingerprint density at radius 1 is 1.19 bits per heavy atom. The molecular formula is C24H26N2O4S. The lowest BCUT2D eigenvalue weighted by atomic mass is 10.1. The minimum Gasteiger partial charge on any atom is -0.495 e. The van der Waals surface area contributed by atoms with Crippen LogP contribution in [0.4, 0.5) is 5.69 Å². The number of amides is 1. The molecule has 0 saturated heterocycles. The number of benzene rings is 2. The second-order valence-corrected chi connectivity index (χ2v) is 7.97. The number of para-hydroxylation sites is 2. The summed E-state index contributed by atoms with van der Waals surface area (Å²) in [5.41, 5.74) is 3.03. The van der Waals surface area contributed by atoms with E-state index in [0.717, 1.165) is 11.1 Å². The van der Waals surface area contributed by atoms with Gasteiger partial charge in [0.05, 0.1) is 19.4 Å². The molecule has 1 aliphatic rings. The van der Waals surface area contributed by atoms with Gasteiger partial charge in [0.2, 0.25) is 0 Å². The van der Waals surface area contributed by atoms with Gasteiger partial charge >= 0.3 is 5.97 Å². The lowest BCUT2D eigenvalue weighted by molar-refractivity contribution is -0.143. The van der Waals surface area contributed by atoms with Crippen LogP contribution in [-0.2, 0) is 14.3 Å². The summed E-state index contributed by atoms with van der Waals surface area (Å²) in [5.74, 6) is 0.800. The van der Waals surface area contributed by atoms with Crippen molar-refractivity contribution in [1.82, 2.24) is 0 Å². The number of thioether (sulfide) groups is 1. The molecule has 0 bridgehead atoms. The van der Waals surface area contributed by atoms with Gasteiger partial charge in [-0.25, -0.2) is 9.89 Å². The molecule has 2 aromatic carbocycles. The fraction of sp³-hybridized carbons (Fsp3) is 0.292. The number of methoxy groups -OCH3 is 1. The first kappa shape index (κ1) is 22.6. The van der Waals surface area contributed by atoms with E-state index < -0.39 is 0 Å². The molecule has 0 saturated carbocycles. The van der Waals surface area contributed by atoms with Gasteiger partial charge in [0.25, 0.3) is 5.91 Å². The molecule has 31 heavy (non-hydrogen) atoms. The standard InChI is InChI=1S/C24H26N2O4S/c1-4-30-22(27)13-8-14-31-24-25-19(16-18-10-7-9-17(2)15-18)23(28)26(24)20-11-5-6-12-21(20)29-3/h5-7,9-12,15-16H,4,8,13-14H2,1-3H3/b19-16-. The Bertz CT molecular complexity index is 1020. The highest BCUT2D eigenvalue weighted by molar-refractivity contribution is 8.14. The first-order valence-electron chi connectivity index (χ1n) is 10.2. The van der Waals surface area contributed by atoms with E-state index in [-0.39, 0.29) is 11.9 Å². The van der Waals surface area contributed by atoms with Crippen LogP contribution in [0.1, 0.15) is 30.9 Å². The monoisotopic (exact) mass is 438 g/mol. The summed E-state index contributed by atoms with van der Waals surface area (Å²) in [6, 6.07) is 15.3. The van der Waals surface area contributed by atoms with Gasteiger partial charge < -0.3 is 9.47 Å². The van der Waals surface area contributed by atoms with Crippen molar-refractivity contribution in [2.75, 3.05) is 24.4 Å². The lowest BCUT2D eigenvalue weighted by Gasteiger charge is -2.20. The fourth-order valence-corrected chi connectivity index (χ4v) is 4.10. The second-order valence-electron chi connectivity index (χ2n) is 6.91. The van der Waals surface area contributed by atoms with Crippen molar-refractivity contribution in [3.05, 3.63) is 65.4 Å². The van der Waals surface area contributed by atoms with Gasteiger partial charge in [0, 0.05) is 12.2 Å². The highest BCUT2D eigenvalue weighted by Crippen LogP contribution is 2.35. The molecule has 0 spiro atoms. The average molecular weight is 439 g/mol. The number of aryl methyl sites for hydroxylation is 1. The zero-order valence-electron chi connectivity index (χ0n) is 18.0. The third-order valence-electron chi connectivity index (χ3n) is 4.56. The molecule has 0 aromatic heterocycles. The van der Waals surface area contributed by atoms with Gasteiger partial charge in [0.15, 0.2) is 5.17 Å². The number of carbonyl (C=O) groups excluding carboxylic acids is 2. The SMILES string of the molecule is CCOC(=O)CCCSC1=N/C(=C\c2cccc(C)c2)C(=O)N1c1ccccc1OC. The number of hydrogen-bond acceptors (Lipinski definition) is 6. The molecule has 2 aromatic rings. The molecule has 1 aliphatic heterocycles. The Balaban J connectivity index is 1.86. The van der Waals surface area contributed by atoms with E-state index in [1.54, 1.807) is 25.0 Å². The molecule has 0 atom stereocenters. The number of hydrogen-bond donors (Lipinski definition) is 0. The number of carbonyl (C=O) groups is 2. The number of rotatable bonds is 8. The van der Waals surface area contributed by atoms with E-state index in [9.17, 15) is 9.59 Å². The molecule has 0 aliphatic carbocycles. The second kappa shape index (κ2) is 10.8. The molecule has 0 radical (unpaired) electrons. The Hall–Kier alpha value is -3.06. The van der Waals surface area contributed by atoms with E-state index in [0.29, 0.717) is 47.5 Å². The molecule has 0 fully saturated rings. The summed E-state index contributed by atoms with van der Waals surface area (Å²) in [6.07, 6.45) is 2.76. The smallest absolute Gasteiger partial charge is 0.305 e. The number of esters is 1. The number of nitrogens with zero attached hydrogens (tertiary/aromatic N) is 2. The largest absolute Gasteiger partial charge is 0.495 e. The summed E-state index contributed by atoms with van der Waals surface area (Å²) in [6.45, 7) is 4.17. The highest BCUT2D eigenvalue weighted by atomic mass is 32.2. The minimum absolute atomic E-state index is 0.209. The summed E-state index contributed by atoms with van der Waals surface area (Å²) < 4.78 is 10.4. The van der Waals surface area contributed by atoms with Crippen LogP contribution < -0.4 is 9.64 Å². The van der Waals surface area contributed by atoms with Crippen LogP contribution in [0.25, 0.3) is 6.08 Å². The number of amidine groups is 1. The molecule has 6 nitrogen and oxygen atoms in total. The highest BCUT2D eigenvalue weighted by Gasteiger charge is 2.33. The van der Waals surface area contributed by atoms with Gasteiger partial charge in [-0.2, -0.15) is 0 Å². The predicted molar refractivity (Wildman–Crippen MR) is 125 cm³/mol. The topological polar surface area (TPSA) is 68.2 Å². The summed E-state index contributed by atoms with van der Waals surface area (Å²) >= 11 is 1.44. The number of ether oxygens (including phenoxy) is 2. The van der Waals surface area contributed by atoms with Crippen LogP contribution in [0.3, 0.4) is 0 Å². The molecule has 0 unspecified atom stereocenters. The first-order chi connectivity index (χ1) is 15.0. The maximum absolute atomic E-state index is 13.3. The van der Waals surface area contributed by atoms with Gasteiger partial charge in [-0.1, -0.05) is 53.7 Å². The van der Waals surface area contributed by atoms with E-state index in [1.807, 2.05) is 55.5 Å². The predicted octanol–water partition coefficient (Wildman–Crippen LogP) is 4.82. The number of aliphatic imine (C=N–C) groups is 1. The molecule has 0 N–H and O–H groups in total. The molecule has 1 heterocycles. The van der Waals surface area contributed by atoms with E-state index in [1.165, 1.54) is 11.8 Å². The molecule has 1 amide bonds. The van der Waals surface area contributed by atoms with E-state index in [4.69, 9.17) is 9.47 Å². The zero-order valence-corrected chi connectivity index (χ0v) is 18.8. The van der Waals surface area contributed by atoms with Crippen molar-refractivity contribution in [1.29, 1.82) is 0 Å². The van der Waals surface area contributed by atoms with Crippen LogP contribution >= 0.6 is 11.8 Å². The third-order valence-corrected chi connectivity index (χ3v) is 5.59. The van der Waals surface area contributed by atoms with Crippen LogP contribution in [0, 0.1) is 6.92 Å². The van der Waals surface area contributed by atoms with Gasteiger partial charge in [0.1, 0.15) is 11.4 Å². The quantitative estimate of drug-likeness (QED) is 0.336. The van der Waals surface area contributed by atoms with Gasteiger partial charge in [-0.15, -0.1) is 0 Å². The van der Waals surface area contributed by atoms with Crippen LogP contribution in [0.15, 0.2) is 59.2 Å². The fourth-order valence-electron chi connectivity index (χ4n) is 3.15. The summed E-state index contributed by atoms with van der Waals surface area (Å²) in [4.78, 5) is 31.1. The van der Waals surface area contributed by atoms with Crippen molar-refractivity contribution < 1.29 is 19.1 Å². The molecular weight excluding hydrogens is 412 g/mol. The average Bonchev–Trinajstić information content (AvgIpc) is 3.06. The van der Waals surface area contributed by atoms with Crippen molar-refractivity contribution in [3.8, 4) is 5.75 Å². The van der Waals surface area contributed by atoms with E-state index in [2.05, 4.69) is 4.99 Å². The first-order valence-corrected chi connectivity index (χ1v) is 11.1. The number of anilines is 1. The summed E-state index contributed by atoms with van der Waals surface area (Å²) in [5, 5.41) is 0.567. The Labute approximate surface area is 187 Å². The van der Waals surface area contributed by atoms with Crippen molar-refractivity contribution in [2.45, 2.75) is 26.7 Å². The Morgan fingerprint density at radius 2 is 2.00 bits per heavy atom. The lowest BCUT2D eigenvalue weighted by Crippen LogP contribution is -2.30. The van der Waals surface area contributed by atoms with E-state index >= 15 is 0 Å². The Morgan fingerprint density at radius 3 is 2.74 bits per heavy atom. The summed E-state index contributed by atoms with van der Waals surface area (Å²) in [7, 11) is 1.58. The van der Waals surface area contributed by atoms with Crippen molar-refractivity contribution in [2.24, 2.45) is 4.99 Å². The van der Waals surface area contributed by atoms with Crippen molar-refractivity contribution in [3.63, 3.8) is 0 Å². The Kier molecular flexibility index (Phi) is 7.89. The normalized spacial score (nSPS) is 14.7. The molecule has 7 heteroatoms. The van der Waals surface area contributed by atoms with Crippen LogP contribution in [-0.4, -0.2) is 36.5 Å².